The SMILES string of the molecule is C#CCNC(=O)CSC1=N/C(=C\c2ccc(OC)cc2)C(=O)N1Cc1ccccc1. The zero-order chi connectivity index (χ0) is 21.3. The summed E-state index contributed by atoms with van der Waals surface area (Å²) >= 11 is 1.21. The van der Waals surface area contributed by atoms with E-state index in [4.69, 9.17) is 11.2 Å². The first kappa shape index (κ1) is 21.2. The number of carbonyl (C=O) groups excluding carboxylic acids is 2. The second-order valence-corrected chi connectivity index (χ2v) is 7.29. The van der Waals surface area contributed by atoms with Crippen molar-refractivity contribution in [3.05, 3.63) is 71.4 Å². The van der Waals surface area contributed by atoms with Crippen LogP contribution in [0, 0.1) is 12.3 Å². The molecule has 2 aromatic carbocycles. The molecule has 0 aromatic heterocycles. The number of ether oxygens (including phenoxy) is 1. The second-order valence-electron chi connectivity index (χ2n) is 6.34. The summed E-state index contributed by atoms with van der Waals surface area (Å²) in [5.74, 6) is 2.80. The van der Waals surface area contributed by atoms with E-state index in [1.54, 1.807) is 18.1 Å². The maximum absolute atomic E-state index is 13.0. The van der Waals surface area contributed by atoms with Gasteiger partial charge in [0.15, 0.2) is 5.17 Å². The molecule has 0 spiro atoms. The molecule has 2 aromatic rings. The Labute approximate surface area is 180 Å². The van der Waals surface area contributed by atoms with E-state index >= 15 is 0 Å². The van der Waals surface area contributed by atoms with Gasteiger partial charge in [0.1, 0.15) is 11.4 Å². The summed E-state index contributed by atoms with van der Waals surface area (Å²) in [7, 11) is 1.60. The highest BCUT2D eigenvalue weighted by molar-refractivity contribution is 8.14. The molecule has 152 valence electrons. The highest BCUT2D eigenvalue weighted by Crippen LogP contribution is 2.26. The van der Waals surface area contributed by atoms with Gasteiger partial charge < -0.3 is 10.1 Å². The van der Waals surface area contributed by atoms with Crippen LogP contribution >= 0.6 is 11.8 Å². The first-order valence-corrected chi connectivity index (χ1v) is 10.2. The fraction of sp³-hybridized carbons (Fsp3) is 0.174. The number of rotatable bonds is 7. The Bertz CT molecular complexity index is 1010. The van der Waals surface area contributed by atoms with Crippen molar-refractivity contribution in [3.63, 3.8) is 0 Å². The summed E-state index contributed by atoms with van der Waals surface area (Å²) in [5.41, 5.74) is 2.13. The zero-order valence-corrected chi connectivity index (χ0v) is 17.3. The summed E-state index contributed by atoms with van der Waals surface area (Å²) in [6, 6.07) is 17.0. The van der Waals surface area contributed by atoms with E-state index in [0.29, 0.717) is 17.4 Å². The average molecular weight is 420 g/mol. The lowest BCUT2D eigenvalue weighted by molar-refractivity contribution is -0.123. The van der Waals surface area contributed by atoms with Gasteiger partial charge in [-0.3, -0.25) is 14.5 Å². The number of methoxy groups -OCH3 is 1. The van der Waals surface area contributed by atoms with Crippen molar-refractivity contribution in [3.8, 4) is 18.1 Å². The molecule has 1 N–H and O–H groups in total. The first-order chi connectivity index (χ1) is 14.6. The van der Waals surface area contributed by atoms with Gasteiger partial charge in [-0.25, -0.2) is 4.99 Å². The van der Waals surface area contributed by atoms with Crippen LogP contribution in [0.4, 0.5) is 0 Å². The predicted octanol–water partition coefficient (Wildman–Crippen LogP) is 2.92. The van der Waals surface area contributed by atoms with Crippen LogP contribution in [0.5, 0.6) is 5.75 Å². The highest BCUT2D eigenvalue weighted by atomic mass is 32.2. The minimum Gasteiger partial charge on any atom is -0.497 e. The van der Waals surface area contributed by atoms with Crippen LogP contribution in [-0.2, 0) is 16.1 Å². The number of benzene rings is 2. The van der Waals surface area contributed by atoms with Gasteiger partial charge in [0.05, 0.1) is 26.0 Å². The summed E-state index contributed by atoms with van der Waals surface area (Å²) < 4.78 is 5.17. The van der Waals surface area contributed by atoms with E-state index in [1.807, 2.05) is 54.6 Å². The predicted molar refractivity (Wildman–Crippen MR) is 120 cm³/mol. The number of hydrogen-bond acceptors (Lipinski definition) is 5. The molecule has 3 rings (SSSR count). The standard InChI is InChI=1S/C23H21N3O3S/c1-3-13-24-21(27)16-30-23-25-20(14-17-9-11-19(29-2)12-10-17)22(28)26(23)15-18-7-5-4-6-8-18/h1,4-12,14H,13,15-16H2,2H3,(H,24,27)/b20-14-. The number of hydrogen-bond donors (Lipinski definition) is 1. The maximum Gasteiger partial charge on any atom is 0.278 e. The van der Waals surface area contributed by atoms with E-state index in [9.17, 15) is 9.59 Å². The molecule has 6 nitrogen and oxygen atoms in total. The zero-order valence-electron chi connectivity index (χ0n) is 16.5. The number of nitrogens with zero attached hydrogens (tertiary/aromatic N) is 2. The molecule has 0 unspecified atom stereocenters. The number of aliphatic imine (C=N–C) groups is 1. The lowest BCUT2D eigenvalue weighted by Gasteiger charge is -2.17. The Kier molecular flexibility index (Phi) is 7.30. The van der Waals surface area contributed by atoms with Crippen molar-refractivity contribution < 1.29 is 14.3 Å². The van der Waals surface area contributed by atoms with Gasteiger partial charge in [0, 0.05) is 0 Å². The molecule has 0 saturated heterocycles. The monoisotopic (exact) mass is 419 g/mol. The van der Waals surface area contributed by atoms with Crippen LogP contribution < -0.4 is 10.1 Å². The number of amides is 2. The highest BCUT2D eigenvalue weighted by Gasteiger charge is 2.31. The van der Waals surface area contributed by atoms with E-state index in [1.165, 1.54) is 11.8 Å². The van der Waals surface area contributed by atoms with Crippen LogP contribution in [0.2, 0.25) is 0 Å². The number of nitrogens with one attached hydrogen (secondary N) is 1. The van der Waals surface area contributed by atoms with E-state index in [0.717, 1.165) is 16.9 Å². The van der Waals surface area contributed by atoms with Crippen LogP contribution in [-0.4, -0.2) is 41.3 Å². The van der Waals surface area contributed by atoms with Crippen LogP contribution in [0.25, 0.3) is 6.08 Å². The minimum absolute atomic E-state index is 0.120. The summed E-state index contributed by atoms with van der Waals surface area (Å²) in [6.07, 6.45) is 6.90. The largest absolute Gasteiger partial charge is 0.497 e. The maximum atomic E-state index is 13.0. The van der Waals surface area contributed by atoms with Crippen LogP contribution in [0.3, 0.4) is 0 Å². The van der Waals surface area contributed by atoms with Crippen molar-refractivity contribution in [1.29, 1.82) is 0 Å². The van der Waals surface area contributed by atoms with Gasteiger partial charge in [0.25, 0.3) is 5.91 Å². The Hall–Kier alpha value is -3.50. The molecule has 7 heteroatoms. The van der Waals surface area contributed by atoms with E-state index in [-0.39, 0.29) is 24.1 Å². The van der Waals surface area contributed by atoms with Gasteiger partial charge in [-0.15, -0.1) is 6.42 Å². The van der Waals surface area contributed by atoms with Gasteiger partial charge in [-0.05, 0) is 29.3 Å². The molecule has 2 amide bonds. The van der Waals surface area contributed by atoms with Crippen molar-refractivity contribution in [1.82, 2.24) is 10.2 Å². The van der Waals surface area contributed by atoms with Crippen molar-refractivity contribution in [2.24, 2.45) is 4.99 Å². The van der Waals surface area contributed by atoms with E-state index in [2.05, 4.69) is 16.2 Å². The van der Waals surface area contributed by atoms with Gasteiger partial charge in [0.2, 0.25) is 5.91 Å². The van der Waals surface area contributed by atoms with Crippen LogP contribution in [0.15, 0.2) is 65.3 Å². The smallest absolute Gasteiger partial charge is 0.278 e. The molecule has 0 atom stereocenters. The molecule has 1 heterocycles. The Morgan fingerprint density at radius 1 is 1.23 bits per heavy atom. The van der Waals surface area contributed by atoms with Crippen molar-refractivity contribution in [2.45, 2.75) is 6.54 Å². The Morgan fingerprint density at radius 3 is 2.63 bits per heavy atom. The first-order valence-electron chi connectivity index (χ1n) is 9.24. The molecule has 30 heavy (non-hydrogen) atoms. The molecule has 0 radical (unpaired) electrons. The van der Waals surface area contributed by atoms with Gasteiger partial charge >= 0.3 is 0 Å². The summed E-state index contributed by atoms with van der Waals surface area (Å²) in [5, 5.41) is 3.10. The second kappa shape index (κ2) is 10.3. The van der Waals surface area contributed by atoms with Crippen LogP contribution in [0.1, 0.15) is 11.1 Å². The molecule has 0 bridgehead atoms. The molecule has 0 fully saturated rings. The molecular formula is C23H21N3O3S. The lowest BCUT2D eigenvalue weighted by atomic mass is 10.1. The Balaban J connectivity index is 1.81. The summed E-state index contributed by atoms with van der Waals surface area (Å²) in [6.45, 7) is 0.540. The molecule has 0 saturated carbocycles. The molecule has 1 aliphatic rings. The minimum atomic E-state index is -0.208. The fourth-order valence-electron chi connectivity index (χ4n) is 2.73. The normalized spacial score (nSPS) is 14.4. The molecular weight excluding hydrogens is 398 g/mol. The molecule has 0 aliphatic carbocycles. The fourth-order valence-corrected chi connectivity index (χ4v) is 3.56. The number of amidine groups is 1. The Morgan fingerprint density at radius 2 is 1.97 bits per heavy atom. The van der Waals surface area contributed by atoms with Gasteiger partial charge in [-0.1, -0.05) is 60.1 Å². The quantitative estimate of drug-likeness (QED) is 0.553. The van der Waals surface area contributed by atoms with Crippen molar-refractivity contribution >= 4 is 34.8 Å². The third-order valence-corrected chi connectivity index (χ3v) is 5.21. The topological polar surface area (TPSA) is 71.0 Å². The number of thioether (sulfide) groups is 1. The number of carbonyl (C=O) groups is 2. The number of terminal acetylenes is 1. The van der Waals surface area contributed by atoms with Crippen molar-refractivity contribution in [2.75, 3.05) is 19.4 Å². The molecule has 1 aliphatic heterocycles. The van der Waals surface area contributed by atoms with E-state index < -0.39 is 0 Å². The average Bonchev–Trinajstić information content (AvgIpc) is 3.06. The third kappa shape index (κ3) is 5.52. The van der Waals surface area contributed by atoms with Gasteiger partial charge in [-0.2, -0.15) is 0 Å². The third-order valence-electron chi connectivity index (χ3n) is 4.23. The summed E-state index contributed by atoms with van der Waals surface area (Å²) in [4.78, 5) is 31.1. The lowest BCUT2D eigenvalue weighted by Crippen LogP contribution is -2.32.